The third-order valence-corrected chi connectivity index (χ3v) is 5.21. The van der Waals surface area contributed by atoms with E-state index in [1.165, 1.54) is 21.1 Å². The van der Waals surface area contributed by atoms with Gasteiger partial charge in [0.1, 0.15) is 0 Å². The van der Waals surface area contributed by atoms with E-state index in [9.17, 15) is 9.36 Å². The molecule has 0 N–H and O–H groups in total. The Morgan fingerprint density at radius 1 is 1.45 bits per heavy atom. The van der Waals surface area contributed by atoms with Crippen molar-refractivity contribution < 1.29 is 18.4 Å². The van der Waals surface area contributed by atoms with Crippen LogP contribution in [0.15, 0.2) is 0 Å². The molecule has 11 heavy (non-hydrogen) atoms. The van der Waals surface area contributed by atoms with E-state index in [1.54, 1.807) is 0 Å². The second kappa shape index (κ2) is 4.36. The number of carbonyl (C=O) groups excluding carboxylic acids is 1. The molecule has 0 aliphatic heterocycles. The van der Waals surface area contributed by atoms with Gasteiger partial charge in [-0.2, -0.15) is 0 Å². The first-order valence-electron chi connectivity index (χ1n) is 2.83. The Hall–Kier alpha value is 0.300. The van der Waals surface area contributed by atoms with Crippen LogP contribution in [-0.2, 0) is 18.4 Å². The van der Waals surface area contributed by atoms with Gasteiger partial charge in [0.15, 0.2) is 10.4 Å². The molecule has 0 amide bonds. The van der Waals surface area contributed by atoms with Gasteiger partial charge < -0.3 is 9.05 Å². The van der Waals surface area contributed by atoms with Crippen LogP contribution in [0.1, 0.15) is 6.92 Å². The Morgan fingerprint density at radius 3 is 1.91 bits per heavy atom. The summed E-state index contributed by atoms with van der Waals surface area (Å²) in [5.74, 6) is -0.281. The van der Waals surface area contributed by atoms with E-state index in [0.717, 1.165) is 0 Å². The van der Waals surface area contributed by atoms with Crippen molar-refractivity contribution in [2.75, 3.05) is 14.2 Å². The van der Waals surface area contributed by atoms with E-state index in [0.29, 0.717) is 0 Å². The normalized spacial score (nSPS) is 14.5. The summed E-state index contributed by atoms with van der Waals surface area (Å²) in [5, 5.41) is 0. The maximum Gasteiger partial charge on any atom is 0.351 e. The van der Waals surface area contributed by atoms with E-state index in [4.69, 9.17) is 0 Å². The van der Waals surface area contributed by atoms with Gasteiger partial charge in [0.05, 0.1) is 0 Å². The van der Waals surface area contributed by atoms with E-state index in [1.807, 2.05) is 0 Å². The van der Waals surface area contributed by atoms with Crippen LogP contribution in [0.5, 0.6) is 0 Å². The van der Waals surface area contributed by atoms with Crippen LogP contribution < -0.4 is 0 Å². The fourth-order valence-electron chi connectivity index (χ4n) is 0.482. The van der Waals surface area contributed by atoms with Crippen LogP contribution >= 0.6 is 23.5 Å². The van der Waals surface area contributed by atoms with Crippen molar-refractivity contribution in [2.45, 2.75) is 11.5 Å². The number of ketones is 1. The van der Waals surface area contributed by atoms with E-state index < -0.39 is 12.2 Å². The summed E-state index contributed by atoms with van der Waals surface area (Å²) in [6.07, 6.45) is 0. The van der Waals surface area contributed by atoms with Crippen LogP contribution in [0.25, 0.3) is 0 Å². The lowest BCUT2D eigenvalue weighted by molar-refractivity contribution is -0.115. The molecule has 1 atom stereocenters. The molecule has 0 aromatic rings. The number of rotatable bonds is 4. The van der Waals surface area contributed by atoms with Crippen molar-refractivity contribution in [1.82, 2.24) is 0 Å². The standard InChI is InChI=1S/C5H10BrO4P/c1-4(7)5(6)11(8,9-2)10-3/h5H,1-3H3/t5-/m1/s1. The van der Waals surface area contributed by atoms with E-state index in [-0.39, 0.29) is 5.78 Å². The Kier molecular flexibility index (Phi) is 4.48. The summed E-state index contributed by atoms with van der Waals surface area (Å²) in [5.41, 5.74) is 0. The van der Waals surface area contributed by atoms with Gasteiger partial charge in [0, 0.05) is 14.2 Å². The second-order valence-corrected chi connectivity index (χ2v) is 5.80. The molecule has 0 saturated carbocycles. The first-order valence-corrected chi connectivity index (χ1v) is 5.36. The summed E-state index contributed by atoms with van der Waals surface area (Å²) in [4.78, 5) is 10.7. The Labute approximate surface area is 73.9 Å². The van der Waals surface area contributed by atoms with Gasteiger partial charge in [-0.1, -0.05) is 15.9 Å². The molecule has 0 rings (SSSR count). The highest BCUT2D eigenvalue weighted by Crippen LogP contribution is 2.54. The highest BCUT2D eigenvalue weighted by atomic mass is 79.9. The third-order valence-electron chi connectivity index (χ3n) is 1.12. The molecule has 6 heteroatoms. The maximum atomic E-state index is 11.4. The number of hydrogen-bond acceptors (Lipinski definition) is 4. The summed E-state index contributed by atoms with van der Waals surface area (Å²) in [6.45, 7) is 1.31. The predicted octanol–water partition coefficient (Wildman–Crippen LogP) is 1.78. The molecule has 0 bridgehead atoms. The summed E-state index contributed by atoms with van der Waals surface area (Å²) >= 11 is 2.92. The van der Waals surface area contributed by atoms with Gasteiger partial charge >= 0.3 is 7.60 Å². The van der Waals surface area contributed by atoms with Crippen molar-refractivity contribution in [3.05, 3.63) is 0 Å². The fourth-order valence-corrected chi connectivity index (χ4v) is 2.45. The van der Waals surface area contributed by atoms with E-state index >= 15 is 0 Å². The molecule has 0 aromatic heterocycles. The maximum absolute atomic E-state index is 11.4. The van der Waals surface area contributed by atoms with Crippen molar-refractivity contribution in [1.29, 1.82) is 0 Å². The van der Waals surface area contributed by atoms with Gasteiger partial charge in [-0.05, 0) is 6.92 Å². The van der Waals surface area contributed by atoms with Crippen LogP contribution in [0.3, 0.4) is 0 Å². The molecule has 0 aliphatic carbocycles. The highest BCUT2D eigenvalue weighted by Gasteiger charge is 2.35. The van der Waals surface area contributed by atoms with Crippen molar-refractivity contribution in [2.24, 2.45) is 0 Å². The molecule has 4 nitrogen and oxygen atoms in total. The minimum atomic E-state index is -3.26. The van der Waals surface area contributed by atoms with Gasteiger partial charge in [-0.3, -0.25) is 9.36 Å². The van der Waals surface area contributed by atoms with Gasteiger partial charge in [0.25, 0.3) is 0 Å². The Balaban J connectivity index is 4.51. The second-order valence-electron chi connectivity index (χ2n) is 1.85. The first-order chi connectivity index (χ1) is 4.98. The summed E-state index contributed by atoms with van der Waals surface area (Å²) in [7, 11) is -0.786. The number of halogens is 1. The third kappa shape index (κ3) is 2.67. The molecule has 0 saturated heterocycles. The fraction of sp³-hybridized carbons (Fsp3) is 0.800. The zero-order chi connectivity index (χ0) is 9.07. The molecule has 0 spiro atoms. The number of carbonyl (C=O) groups is 1. The Morgan fingerprint density at radius 2 is 1.82 bits per heavy atom. The molecular weight excluding hydrogens is 235 g/mol. The zero-order valence-corrected chi connectivity index (χ0v) is 9.02. The van der Waals surface area contributed by atoms with Gasteiger partial charge in [-0.15, -0.1) is 0 Å². The van der Waals surface area contributed by atoms with Crippen LogP contribution in [0.2, 0.25) is 0 Å². The van der Waals surface area contributed by atoms with Crippen molar-refractivity contribution in [3.63, 3.8) is 0 Å². The molecule has 0 fully saturated rings. The summed E-state index contributed by atoms with van der Waals surface area (Å²) < 4.78 is 19.7. The van der Waals surface area contributed by atoms with E-state index in [2.05, 4.69) is 25.0 Å². The topological polar surface area (TPSA) is 52.6 Å². The molecular formula is C5H10BrO4P. The molecule has 0 aliphatic rings. The lowest BCUT2D eigenvalue weighted by Crippen LogP contribution is -2.12. The molecule has 0 unspecified atom stereocenters. The molecule has 66 valence electrons. The number of hydrogen-bond donors (Lipinski definition) is 0. The lowest BCUT2D eigenvalue weighted by Gasteiger charge is -2.16. The quantitative estimate of drug-likeness (QED) is 0.559. The number of alkyl halides is 1. The van der Waals surface area contributed by atoms with Crippen molar-refractivity contribution >= 4 is 29.3 Å². The minimum Gasteiger partial charge on any atom is -0.311 e. The number of Topliss-reactive ketones (excluding diaryl/α,β-unsaturated/α-hetero) is 1. The average molecular weight is 245 g/mol. The molecule has 0 radical (unpaired) electrons. The highest BCUT2D eigenvalue weighted by molar-refractivity contribution is 9.11. The average Bonchev–Trinajstić information content (AvgIpc) is 2.01. The predicted molar refractivity (Wildman–Crippen MR) is 45.0 cm³/mol. The zero-order valence-electron chi connectivity index (χ0n) is 6.54. The minimum absolute atomic E-state index is 0.281. The molecule has 0 aromatic carbocycles. The van der Waals surface area contributed by atoms with Crippen LogP contribution in [0.4, 0.5) is 0 Å². The SMILES string of the molecule is COP(=O)(OC)[C@@H](Br)C(C)=O. The van der Waals surface area contributed by atoms with Crippen molar-refractivity contribution in [3.8, 4) is 0 Å². The molecule has 0 heterocycles. The first kappa shape index (κ1) is 11.3. The smallest absolute Gasteiger partial charge is 0.311 e. The monoisotopic (exact) mass is 244 g/mol. The summed E-state index contributed by atoms with van der Waals surface area (Å²) in [6, 6.07) is 0. The van der Waals surface area contributed by atoms with Crippen LogP contribution in [0, 0.1) is 0 Å². The van der Waals surface area contributed by atoms with Crippen LogP contribution in [-0.4, -0.2) is 24.6 Å². The Bertz CT molecular complexity index is 185. The lowest BCUT2D eigenvalue weighted by atomic mass is 10.5. The van der Waals surface area contributed by atoms with Gasteiger partial charge in [0.2, 0.25) is 0 Å². The largest absolute Gasteiger partial charge is 0.351 e. The van der Waals surface area contributed by atoms with Gasteiger partial charge in [-0.25, -0.2) is 0 Å².